The molecule has 82 valence electrons. The Bertz CT molecular complexity index is 341. The first-order chi connectivity index (χ1) is 7.13. The van der Waals surface area contributed by atoms with Gasteiger partial charge in [-0.15, -0.1) is 11.8 Å². The van der Waals surface area contributed by atoms with Gasteiger partial charge in [-0.1, -0.05) is 6.07 Å². The predicted molar refractivity (Wildman–Crippen MR) is 64.9 cm³/mol. The van der Waals surface area contributed by atoms with Gasteiger partial charge in [0.1, 0.15) is 0 Å². The first-order valence-corrected chi connectivity index (χ1v) is 5.81. The maximum atomic E-state index is 11.5. The number of amides is 1. The fraction of sp³-hybridized carbons (Fsp3) is 0.364. The summed E-state index contributed by atoms with van der Waals surface area (Å²) in [5, 5.41) is 2.70. The van der Waals surface area contributed by atoms with Crippen molar-refractivity contribution in [2.24, 2.45) is 0 Å². The van der Waals surface area contributed by atoms with Crippen LogP contribution in [0.2, 0.25) is 0 Å². The first kappa shape index (κ1) is 11.9. The van der Waals surface area contributed by atoms with Gasteiger partial charge in [0.15, 0.2) is 0 Å². The largest absolute Gasteiger partial charge is 0.399 e. The second-order valence-electron chi connectivity index (χ2n) is 3.23. The third kappa shape index (κ3) is 3.83. The van der Waals surface area contributed by atoms with E-state index in [1.54, 1.807) is 0 Å². The normalized spacial score (nSPS) is 12.1. The van der Waals surface area contributed by atoms with Crippen LogP contribution in [-0.4, -0.2) is 17.7 Å². The number of nitrogens with two attached hydrogens (primary N) is 1. The zero-order chi connectivity index (χ0) is 11.3. The van der Waals surface area contributed by atoms with Gasteiger partial charge in [-0.25, -0.2) is 0 Å². The number of rotatable bonds is 4. The Morgan fingerprint density at radius 1 is 1.60 bits per heavy atom. The monoisotopic (exact) mass is 224 g/mol. The van der Waals surface area contributed by atoms with E-state index in [0.717, 1.165) is 10.6 Å². The van der Waals surface area contributed by atoms with Gasteiger partial charge in [0.05, 0.1) is 5.25 Å². The molecule has 3 nitrogen and oxygen atoms in total. The van der Waals surface area contributed by atoms with Crippen molar-refractivity contribution in [2.45, 2.75) is 24.0 Å². The van der Waals surface area contributed by atoms with E-state index < -0.39 is 0 Å². The van der Waals surface area contributed by atoms with E-state index in [2.05, 4.69) is 5.32 Å². The van der Waals surface area contributed by atoms with E-state index >= 15 is 0 Å². The smallest absolute Gasteiger partial charge is 0.233 e. The van der Waals surface area contributed by atoms with Crippen LogP contribution in [0, 0.1) is 0 Å². The molecule has 0 saturated heterocycles. The van der Waals surface area contributed by atoms with Crippen LogP contribution in [0.5, 0.6) is 0 Å². The lowest BCUT2D eigenvalue weighted by molar-refractivity contribution is -0.120. The van der Waals surface area contributed by atoms with Gasteiger partial charge in [-0.3, -0.25) is 4.79 Å². The Balaban J connectivity index is 2.58. The average molecular weight is 224 g/mol. The molecular weight excluding hydrogens is 208 g/mol. The zero-order valence-electron chi connectivity index (χ0n) is 8.99. The number of hydrogen-bond donors (Lipinski definition) is 2. The van der Waals surface area contributed by atoms with E-state index in [4.69, 9.17) is 5.73 Å². The number of benzene rings is 1. The highest BCUT2D eigenvalue weighted by atomic mass is 32.2. The molecule has 4 heteroatoms. The molecule has 1 atom stereocenters. The van der Waals surface area contributed by atoms with Crippen LogP contribution in [0.1, 0.15) is 13.8 Å². The van der Waals surface area contributed by atoms with Crippen LogP contribution in [-0.2, 0) is 4.79 Å². The van der Waals surface area contributed by atoms with Crippen LogP contribution in [0.4, 0.5) is 5.69 Å². The third-order valence-electron chi connectivity index (χ3n) is 1.89. The van der Waals surface area contributed by atoms with Gasteiger partial charge in [0, 0.05) is 17.1 Å². The van der Waals surface area contributed by atoms with E-state index in [1.165, 1.54) is 11.8 Å². The van der Waals surface area contributed by atoms with Crippen LogP contribution >= 0.6 is 11.8 Å². The lowest BCUT2D eigenvalue weighted by Gasteiger charge is -2.10. The van der Waals surface area contributed by atoms with Gasteiger partial charge in [-0.2, -0.15) is 0 Å². The minimum absolute atomic E-state index is 0.0601. The van der Waals surface area contributed by atoms with Gasteiger partial charge in [-0.05, 0) is 32.0 Å². The summed E-state index contributed by atoms with van der Waals surface area (Å²) in [7, 11) is 0. The van der Waals surface area contributed by atoms with Crippen molar-refractivity contribution < 1.29 is 4.79 Å². The Morgan fingerprint density at radius 2 is 2.33 bits per heavy atom. The quantitative estimate of drug-likeness (QED) is 0.606. The van der Waals surface area contributed by atoms with Gasteiger partial charge in [0.2, 0.25) is 5.91 Å². The van der Waals surface area contributed by atoms with Crippen molar-refractivity contribution in [3.05, 3.63) is 24.3 Å². The molecule has 0 saturated carbocycles. The second kappa shape index (κ2) is 5.66. The molecular formula is C11H16N2OS. The molecule has 0 aliphatic heterocycles. The highest BCUT2D eigenvalue weighted by Crippen LogP contribution is 2.24. The summed E-state index contributed by atoms with van der Waals surface area (Å²) in [4.78, 5) is 12.5. The van der Waals surface area contributed by atoms with Crippen molar-refractivity contribution >= 4 is 23.4 Å². The maximum Gasteiger partial charge on any atom is 0.233 e. The molecule has 0 aliphatic carbocycles. The van der Waals surface area contributed by atoms with E-state index in [9.17, 15) is 4.79 Å². The molecule has 0 heterocycles. The Hall–Kier alpha value is -1.16. The van der Waals surface area contributed by atoms with Crippen LogP contribution in [0.25, 0.3) is 0 Å². The summed E-state index contributed by atoms with van der Waals surface area (Å²) in [5.74, 6) is 0.0601. The fourth-order valence-electron chi connectivity index (χ4n) is 1.16. The van der Waals surface area contributed by atoms with Crippen LogP contribution in [0.3, 0.4) is 0 Å². The molecule has 1 amide bonds. The minimum atomic E-state index is -0.0910. The first-order valence-electron chi connectivity index (χ1n) is 4.93. The van der Waals surface area contributed by atoms with E-state index in [0.29, 0.717) is 6.54 Å². The summed E-state index contributed by atoms with van der Waals surface area (Å²) in [5.41, 5.74) is 6.38. The Kier molecular flexibility index (Phi) is 4.49. The van der Waals surface area contributed by atoms with Crippen LogP contribution < -0.4 is 11.1 Å². The molecule has 1 aromatic rings. The molecule has 1 unspecified atom stereocenters. The summed E-state index contributed by atoms with van der Waals surface area (Å²) < 4.78 is 0. The highest BCUT2D eigenvalue weighted by molar-refractivity contribution is 8.00. The molecule has 0 aromatic heterocycles. The van der Waals surface area contributed by atoms with Crippen molar-refractivity contribution in [1.82, 2.24) is 5.32 Å². The predicted octanol–water partition coefficient (Wildman–Crippen LogP) is 1.89. The summed E-state index contributed by atoms with van der Waals surface area (Å²) in [6.45, 7) is 4.47. The molecule has 0 fully saturated rings. The summed E-state index contributed by atoms with van der Waals surface area (Å²) in [6, 6.07) is 7.56. The highest BCUT2D eigenvalue weighted by Gasteiger charge is 2.12. The number of carbonyl (C=O) groups excluding carboxylic acids is 1. The zero-order valence-corrected chi connectivity index (χ0v) is 9.80. The van der Waals surface area contributed by atoms with Crippen LogP contribution in [0.15, 0.2) is 29.2 Å². The molecule has 3 N–H and O–H groups in total. The summed E-state index contributed by atoms with van der Waals surface area (Å²) >= 11 is 1.51. The lowest BCUT2D eigenvalue weighted by atomic mass is 10.3. The topological polar surface area (TPSA) is 55.1 Å². The molecule has 0 spiro atoms. The molecule has 0 radical (unpaired) electrons. The number of thioether (sulfide) groups is 1. The van der Waals surface area contributed by atoms with E-state index in [1.807, 2.05) is 38.1 Å². The molecule has 0 aliphatic rings. The molecule has 1 rings (SSSR count). The standard InChI is InChI=1S/C11H16N2OS/c1-3-13-11(14)8(2)15-10-6-4-5-9(12)7-10/h4-8H,3,12H2,1-2H3,(H,13,14). The van der Waals surface area contributed by atoms with Gasteiger partial charge in [0.25, 0.3) is 0 Å². The molecule has 15 heavy (non-hydrogen) atoms. The van der Waals surface area contributed by atoms with Crippen molar-refractivity contribution in [3.8, 4) is 0 Å². The average Bonchev–Trinajstić information content (AvgIpc) is 2.18. The van der Waals surface area contributed by atoms with Gasteiger partial charge < -0.3 is 11.1 Å². The Labute approximate surface area is 94.4 Å². The van der Waals surface area contributed by atoms with Crippen molar-refractivity contribution in [1.29, 1.82) is 0 Å². The second-order valence-corrected chi connectivity index (χ2v) is 4.64. The van der Waals surface area contributed by atoms with Crippen molar-refractivity contribution in [2.75, 3.05) is 12.3 Å². The SMILES string of the molecule is CCNC(=O)C(C)Sc1cccc(N)c1. The number of nitrogens with one attached hydrogen (secondary N) is 1. The molecule has 0 bridgehead atoms. The third-order valence-corrected chi connectivity index (χ3v) is 2.98. The lowest BCUT2D eigenvalue weighted by Crippen LogP contribution is -2.30. The number of carbonyl (C=O) groups is 1. The maximum absolute atomic E-state index is 11.5. The van der Waals surface area contributed by atoms with E-state index in [-0.39, 0.29) is 11.2 Å². The summed E-state index contributed by atoms with van der Waals surface area (Å²) in [6.07, 6.45) is 0. The number of hydrogen-bond acceptors (Lipinski definition) is 3. The molecule has 1 aromatic carbocycles. The number of anilines is 1. The minimum Gasteiger partial charge on any atom is -0.399 e. The fourth-order valence-corrected chi connectivity index (χ4v) is 2.12. The van der Waals surface area contributed by atoms with Crippen molar-refractivity contribution in [3.63, 3.8) is 0 Å². The number of nitrogen functional groups attached to an aromatic ring is 1. The van der Waals surface area contributed by atoms with Gasteiger partial charge >= 0.3 is 0 Å². The Morgan fingerprint density at radius 3 is 2.93 bits per heavy atom.